The van der Waals surface area contributed by atoms with Gasteiger partial charge in [0.25, 0.3) is 0 Å². The number of nitrogens with zero attached hydrogens (tertiary/aromatic N) is 5. The van der Waals surface area contributed by atoms with Crippen molar-refractivity contribution in [2.24, 2.45) is 0 Å². The molecular formula is C17H18FN5O2. The molecule has 0 radical (unpaired) electrons. The standard InChI is InChI=1S/C17H18FN5O2/c18-13-7-19-17(20-8-13)22-4-2-5-23-12-21-15(16(23)9-22)11-24-10-14-3-1-6-25-14/h1,3,6-8,12H,2,4-5,9-11H2. The molecule has 1 aliphatic heterocycles. The second-order valence-electron chi connectivity index (χ2n) is 5.88. The van der Waals surface area contributed by atoms with Crippen LogP contribution in [0.3, 0.4) is 0 Å². The van der Waals surface area contributed by atoms with Gasteiger partial charge in [-0.3, -0.25) is 0 Å². The number of aromatic nitrogens is 4. The van der Waals surface area contributed by atoms with Gasteiger partial charge < -0.3 is 18.6 Å². The second-order valence-corrected chi connectivity index (χ2v) is 5.88. The van der Waals surface area contributed by atoms with Gasteiger partial charge >= 0.3 is 0 Å². The van der Waals surface area contributed by atoms with E-state index in [9.17, 15) is 4.39 Å². The summed E-state index contributed by atoms with van der Waals surface area (Å²) in [6.07, 6.45) is 6.80. The van der Waals surface area contributed by atoms with Crippen molar-refractivity contribution in [2.45, 2.75) is 32.7 Å². The monoisotopic (exact) mass is 343 g/mol. The number of aryl methyl sites for hydroxylation is 1. The normalized spacial score (nSPS) is 14.4. The molecule has 0 spiro atoms. The summed E-state index contributed by atoms with van der Waals surface area (Å²) < 4.78 is 26.2. The average molecular weight is 343 g/mol. The molecule has 25 heavy (non-hydrogen) atoms. The third kappa shape index (κ3) is 3.53. The van der Waals surface area contributed by atoms with Crippen molar-refractivity contribution in [2.75, 3.05) is 11.4 Å². The SMILES string of the molecule is Fc1cnc(N2CCCn3cnc(COCc4ccco4)c3C2)nc1. The Balaban J connectivity index is 1.47. The lowest BCUT2D eigenvalue weighted by molar-refractivity contribution is 0.0902. The Kier molecular flexibility index (Phi) is 4.43. The highest BCUT2D eigenvalue weighted by Gasteiger charge is 2.20. The number of halogens is 1. The first-order chi connectivity index (χ1) is 12.3. The molecule has 0 aliphatic carbocycles. The van der Waals surface area contributed by atoms with Crippen molar-refractivity contribution < 1.29 is 13.5 Å². The fourth-order valence-corrected chi connectivity index (χ4v) is 2.92. The molecule has 8 heteroatoms. The molecule has 4 rings (SSSR count). The van der Waals surface area contributed by atoms with Gasteiger partial charge in [-0.05, 0) is 18.6 Å². The van der Waals surface area contributed by atoms with E-state index in [1.165, 1.54) is 12.4 Å². The van der Waals surface area contributed by atoms with E-state index in [0.717, 1.165) is 36.7 Å². The highest BCUT2D eigenvalue weighted by atomic mass is 19.1. The van der Waals surface area contributed by atoms with Crippen molar-refractivity contribution in [3.05, 3.63) is 60.1 Å². The smallest absolute Gasteiger partial charge is 0.225 e. The van der Waals surface area contributed by atoms with Gasteiger partial charge in [0, 0.05) is 13.1 Å². The summed E-state index contributed by atoms with van der Waals surface area (Å²) in [6.45, 7) is 3.11. The maximum absolute atomic E-state index is 13.1. The second kappa shape index (κ2) is 7.02. The molecule has 0 saturated heterocycles. The Hall–Kier alpha value is -2.74. The molecule has 0 saturated carbocycles. The first-order valence-electron chi connectivity index (χ1n) is 8.15. The maximum Gasteiger partial charge on any atom is 0.225 e. The van der Waals surface area contributed by atoms with E-state index in [1.807, 2.05) is 23.4 Å². The van der Waals surface area contributed by atoms with E-state index < -0.39 is 5.82 Å². The van der Waals surface area contributed by atoms with Gasteiger partial charge in [0.05, 0.1) is 49.5 Å². The van der Waals surface area contributed by atoms with Gasteiger partial charge in [-0.1, -0.05) is 0 Å². The first kappa shape index (κ1) is 15.8. The fourth-order valence-electron chi connectivity index (χ4n) is 2.92. The van der Waals surface area contributed by atoms with Gasteiger partial charge in [0.2, 0.25) is 5.95 Å². The van der Waals surface area contributed by atoms with E-state index in [4.69, 9.17) is 9.15 Å². The Morgan fingerprint density at radius 3 is 2.84 bits per heavy atom. The van der Waals surface area contributed by atoms with Crippen LogP contribution in [-0.2, 0) is 31.0 Å². The predicted molar refractivity (Wildman–Crippen MR) is 87.1 cm³/mol. The fraction of sp³-hybridized carbons (Fsp3) is 0.353. The lowest BCUT2D eigenvalue weighted by Crippen LogP contribution is -2.25. The number of hydrogen-bond acceptors (Lipinski definition) is 6. The first-order valence-corrected chi connectivity index (χ1v) is 8.15. The molecule has 0 unspecified atom stereocenters. The minimum absolute atomic E-state index is 0.404. The van der Waals surface area contributed by atoms with Gasteiger partial charge in [-0.25, -0.2) is 19.3 Å². The molecule has 0 amide bonds. The molecule has 0 bridgehead atoms. The molecule has 130 valence electrons. The van der Waals surface area contributed by atoms with Crippen LogP contribution in [0.5, 0.6) is 0 Å². The highest BCUT2D eigenvalue weighted by Crippen LogP contribution is 2.20. The number of rotatable bonds is 5. The van der Waals surface area contributed by atoms with E-state index >= 15 is 0 Å². The lowest BCUT2D eigenvalue weighted by atomic mass is 10.3. The zero-order chi connectivity index (χ0) is 17.1. The molecule has 3 aromatic heterocycles. The topological polar surface area (TPSA) is 69.2 Å². The molecule has 3 aromatic rings. The van der Waals surface area contributed by atoms with Crippen LogP contribution >= 0.6 is 0 Å². The van der Waals surface area contributed by atoms with E-state index in [-0.39, 0.29) is 0 Å². The molecular weight excluding hydrogens is 325 g/mol. The van der Waals surface area contributed by atoms with Gasteiger partial charge in [-0.15, -0.1) is 0 Å². The summed E-state index contributed by atoms with van der Waals surface area (Å²) in [5.74, 6) is 0.876. The minimum Gasteiger partial charge on any atom is -0.467 e. The predicted octanol–water partition coefficient (Wildman–Crippen LogP) is 2.53. The quantitative estimate of drug-likeness (QED) is 0.709. The number of furan rings is 1. The minimum atomic E-state index is -0.435. The van der Waals surface area contributed by atoms with Crippen molar-refractivity contribution in [1.82, 2.24) is 19.5 Å². The zero-order valence-electron chi connectivity index (χ0n) is 13.6. The lowest BCUT2D eigenvalue weighted by Gasteiger charge is -2.20. The van der Waals surface area contributed by atoms with Crippen molar-refractivity contribution in [1.29, 1.82) is 0 Å². The van der Waals surface area contributed by atoms with Crippen LogP contribution in [0, 0.1) is 5.82 Å². The molecule has 0 aromatic carbocycles. The molecule has 1 aliphatic rings. The van der Waals surface area contributed by atoms with Crippen LogP contribution in [0.4, 0.5) is 10.3 Å². The van der Waals surface area contributed by atoms with Crippen molar-refractivity contribution in [3.8, 4) is 0 Å². The van der Waals surface area contributed by atoms with E-state index in [1.54, 1.807) is 6.26 Å². The number of anilines is 1. The zero-order valence-corrected chi connectivity index (χ0v) is 13.6. The summed E-state index contributed by atoms with van der Waals surface area (Å²) in [6, 6.07) is 3.71. The van der Waals surface area contributed by atoms with E-state index in [0.29, 0.717) is 25.7 Å². The van der Waals surface area contributed by atoms with Gasteiger partial charge in [0.1, 0.15) is 12.4 Å². The van der Waals surface area contributed by atoms with Crippen LogP contribution in [0.25, 0.3) is 0 Å². The number of hydrogen-bond donors (Lipinski definition) is 0. The van der Waals surface area contributed by atoms with Crippen LogP contribution in [0.15, 0.2) is 41.5 Å². The number of ether oxygens (including phenoxy) is 1. The third-order valence-electron chi connectivity index (χ3n) is 4.15. The Morgan fingerprint density at radius 1 is 1.16 bits per heavy atom. The van der Waals surface area contributed by atoms with E-state index in [2.05, 4.69) is 19.5 Å². The van der Waals surface area contributed by atoms with Crippen LogP contribution in [0.1, 0.15) is 23.6 Å². The highest BCUT2D eigenvalue weighted by molar-refractivity contribution is 5.32. The van der Waals surface area contributed by atoms with Crippen molar-refractivity contribution in [3.63, 3.8) is 0 Å². The Labute approximate surface area is 144 Å². The third-order valence-corrected chi connectivity index (χ3v) is 4.15. The van der Waals surface area contributed by atoms with Crippen LogP contribution in [-0.4, -0.2) is 26.1 Å². The average Bonchev–Trinajstić information content (AvgIpc) is 3.21. The maximum atomic E-state index is 13.1. The number of imidazole rings is 1. The Bertz CT molecular complexity index is 816. The van der Waals surface area contributed by atoms with Gasteiger partial charge in [0.15, 0.2) is 5.82 Å². The molecule has 0 N–H and O–H groups in total. The summed E-state index contributed by atoms with van der Waals surface area (Å²) in [7, 11) is 0. The van der Waals surface area contributed by atoms with Crippen molar-refractivity contribution >= 4 is 5.95 Å². The van der Waals surface area contributed by atoms with Crippen LogP contribution < -0.4 is 4.90 Å². The molecule has 0 fully saturated rings. The summed E-state index contributed by atoms with van der Waals surface area (Å²) in [4.78, 5) is 14.7. The van der Waals surface area contributed by atoms with Crippen LogP contribution in [0.2, 0.25) is 0 Å². The van der Waals surface area contributed by atoms with Gasteiger partial charge in [-0.2, -0.15) is 0 Å². The summed E-state index contributed by atoms with van der Waals surface area (Å²) >= 11 is 0. The number of fused-ring (bicyclic) bond motifs is 1. The summed E-state index contributed by atoms with van der Waals surface area (Å²) in [5.41, 5.74) is 1.96. The molecule has 4 heterocycles. The Morgan fingerprint density at radius 2 is 2.04 bits per heavy atom. The molecule has 7 nitrogen and oxygen atoms in total. The molecule has 0 atom stereocenters. The summed E-state index contributed by atoms with van der Waals surface area (Å²) in [5, 5.41) is 0. The largest absolute Gasteiger partial charge is 0.467 e.